The molecule has 1 atom stereocenters. The van der Waals surface area contributed by atoms with Crippen LogP contribution in [-0.4, -0.2) is 68.5 Å². The van der Waals surface area contributed by atoms with Gasteiger partial charge in [-0.1, -0.05) is 0 Å². The fourth-order valence-corrected chi connectivity index (χ4v) is 4.94. The summed E-state index contributed by atoms with van der Waals surface area (Å²) in [5, 5.41) is 0. The summed E-state index contributed by atoms with van der Waals surface area (Å²) >= 11 is 0. The van der Waals surface area contributed by atoms with Crippen molar-refractivity contribution in [2.45, 2.75) is 39.0 Å². The van der Waals surface area contributed by atoms with Crippen LogP contribution in [0.5, 0.6) is 0 Å². The molecule has 162 valence electrons. The molecule has 2 aliphatic rings. The van der Waals surface area contributed by atoms with Gasteiger partial charge in [-0.25, -0.2) is 15.0 Å². The molecule has 2 saturated heterocycles. The molecule has 2 N–H and O–H groups in total. The van der Waals surface area contributed by atoms with Gasteiger partial charge in [-0.2, -0.15) is 0 Å². The monoisotopic (exact) mass is 419 g/mol. The van der Waals surface area contributed by atoms with Crippen molar-refractivity contribution in [3.63, 3.8) is 0 Å². The first kappa shape index (κ1) is 19.9. The van der Waals surface area contributed by atoms with E-state index in [0.29, 0.717) is 5.82 Å². The number of piperidine rings is 1. The lowest BCUT2D eigenvalue weighted by molar-refractivity contribution is 0.0648. The van der Waals surface area contributed by atoms with Crippen molar-refractivity contribution >= 4 is 22.8 Å². The molecule has 8 nitrogen and oxygen atoms in total. The second-order valence-electron chi connectivity index (χ2n) is 8.92. The lowest BCUT2D eigenvalue weighted by Gasteiger charge is -2.35. The maximum absolute atomic E-state index is 13.5. The van der Waals surface area contributed by atoms with Gasteiger partial charge in [0.1, 0.15) is 24.3 Å². The second kappa shape index (κ2) is 7.60. The molecule has 3 aromatic rings. The van der Waals surface area contributed by atoms with Crippen LogP contribution < -0.4 is 5.73 Å². The quantitative estimate of drug-likeness (QED) is 0.702. The molecule has 1 amide bonds. The van der Waals surface area contributed by atoms with Crippen molar-refractivity contribution in [1.82, 2.24) is 29.3 Å². The van der Waals surface area contributed by atoms with Gasteiger partial charge in [0, 0.05) is 30.8 Å². The number of fused-ring (bicyclic) bond motifs is 1. The number of nitrogens with two attached hydrogens (primary N) is 1. The predicted octanol–water partition coefficient (Wildman–Crippen LogP) is 2.67. The molecule has 2 aromatic heterocycles. The van der Waals surface area contributed by atoms with Gasteiger partial charge in [0.25, 0.3) is 5.91 Å². The maximum Gasteiger partial charge on any atom is 0.254 e. The molecule has 0 aliphatic carbocycles. The molecule has 0 bridgehead atoms. The van der Waals surface area contributed by atoms with Crippen molar-refractivity contribution in [2.24, 2.45) is 0 Å². The summed E-state index contributed by atoms with van der Waals surface area (Å²) in [5.74, 6) is 1.61. The molecule has 8 heteroatoms. The van der Waals surface area contributed by atoms with Gasteiger partial charge < -0.3 is 15.5 Å². The molecule has 5 rings (SSSR count). The summed E-state index contributed by atoms with van der Waals surface area (Å²) in [6, 6.07) is 2.07. The van der Waals surface area contributed by atoms with Crippen molar-refractivity contribution in [2.75, 3.05) is 39.0 Å². The Kier molecular flexibility index (Phi) is 4.89. The van der Waals surface area contributed by atoms with Crippen LogP contribution in [0, 0.1) is 13.8 Å². The Hall–Kier alpha value is -3.00. The van der Waals surface area contributed by atoms with Crippen molar-refractivity contribution in [3.05, 3.63) is 41.0 Å². The van der Waals surface area contributed by atoms with Crippen LogP contribution >= 0.6 is 0 Å². The molecule has 4 heterocycles. The Morgan fingerprint density at radius 1 is 1.13 bits per heavy atom. The average molecular weight is 420 g/mol. The van der Waals surface area contributed by atoms with E-state index in [2.05, 4.69) is 28.0 Å². The number of anilines is 1. The largest absolute Gasteiger partial charge is 0.383 e. The summed E-state index contributed by atoms with van der Waals surface area (Å²) in [7, 11) is 2.15. The number of rotatable bonds is 3. The first-order chi connectivity index (χ1) is 15.0. The van der Waals surface area contributed by atoms with Crippen LogP contribution in [0.1, 0.15) is 52.2 Å². The van der Waals surface area contributed by atoms with E-state index in [1.807, 2.05) is 23.3 Å². The molecule has 0 spiro atoms. The van der Waals surface area contributed by atoms with E-state index >= 15 is 0 Å². The Balaban J connectivity index is 1.74. The number of amides is 1. The first-order valence-electron chi connectivity index (χ1n) is 11.0. The molecular weight excluding hydrogens is 390 g/mol. The van der Waals surface area contributed by atoms with E-state index in [1.54, 1.807) is 6.33 Å². The van der Waals surface area contributed by atoms with Gasteiger partial charge in [0.15, 0.2) is 0 Å². The van der Waals surface area contributed by atoms with E-state index in [0.717, 1.165) is 84.5 Å². The summed E-state index contributed by atoms with van der Waals surface area (Å²) < 4.78 is 1.98. The van der Waals surface area contributed by atoms with Gasteiger partial charge in [-0.15, -0.1) is 0 Å². The van der Waals surface area contributed by atoms with Gasteiger partial charge >= 0.3 is 0 Å². The van der Waals surface area contributed by atoms with Crippen molar-refractivity contribution < 1.29 is 4.79 Å². The molecule has 1 unspecified atom stereocenters. The minimum absolute atomic E-state index is 0.144. The maximum atomic E-state index is 13.5. The Bertz CT molecular complexity index is 1160. The Morgan fingerprint density at radius 2 is 1.94 bits per heavy atom. The minimum Gasteiger partial charge on any atom is -0.383 e. The fourth-order valence-electron chi connectivity index (χ4n) is 4.94. The number of aryl methyl sites for hydroxylation is 1. The highest BCUT2D eigenvalue weighted by atomic mass is 16.2. The molecule has 2 fully saturated rings. The number of hydrogen-bond donors (Lipinski definition) is 1. The SMILES string of the molecule is Cc1cc2c(ncn2-c2ncnc(N)c2C)c(C2CCCN(C)C2)c1C(=O)N1CCC1. The van der Waals surface area contributed by atoms with Crippen molar-refractivity contribution in [3.8, 4) is 5.82 Å². The van der Waals surface area contributed by atoms with Gasteiger partial charge in [0.2, 0.25) is 0 Å². The van der Waals surface area contributed by atoms with E-state index in [9.17, 15) is 4.79 Å². The molecule has 0 radical (unpaired) electrons. The number of likely N-dealkylation sites (tertiary alicyclic amines) is 2. The van der Waals surface area contributed by atoms with E-state index in [4.69, 9.17) is 10.7 Å². The summed E-state index contributed by atoms with van der Waals surface area (Å²) in [6.45, 7) is 7.67. The zero-order valence-electron chi connectivity index (χ0n) is 18.4. The fraction of sp³-hybridized carbons (Fsp3) is 0.478. The zero-order chi connectivity index (χ0) is 21.7. The topological polar surface area (TPSA) is 93.2 Å². The third-order valence-electron chi connectivity index (χ3n) is 6.79. The molecule has 31 heavy (non-hydrogen) atoms. The van der Waals surface area contributed by atoms with Crippen LogP contribution in [0.15, 0.2) is 18.7 Å². The third-order valence-corrected chi connectivity index (χ3v) is 6.79. The smallest absolute Gasteiger partial charge is 0.254 e. The summed E-state index contributed by atoms with van der Waals surface area (Å²) in [4.78, 5) is 31.2. The van der Waals surface area contributed by atoms with Crippen LogP contribution in [0.4, 0.5) is 5.82 Å². The first-order valence-corrected chi connectivity index (χ1v) is 11.0. The predicted molar refractivity (Wildman–Crippen MR) is 121 cm³/mol. The number of benzene rings is 1. The van der Waals surface area contributed by atoms with Gasteiger partial charge in [0.05, 0.1) is 11.0 Å². The van der Waals surface area contributed by atoms with E-state index < -0.39 is 0 Å². The average Bonchev–Trinajstić information content (AvgIpc) is 3.10. The van der Waals surface area contributed by atoms with Crippen LogP contribution in [-0.2, 0) is 0 Å². The van der Waals surface area contributed by atoms with Gasteiger partial charge in [-0.3, -0.25) is 9.36 Å². The Morgan fingerprint density at radius 3 is 2.65 bits per heavy atom. The lowest BCUT2D eigenvalue weighted by Crippen LogP contribution is -2.43. The highest BCUT2D eigenvalue weighted by molar-refractivity contribution is 6.02. The third kappa shape index (κ3) is 3.26. The standard InChI is InChI=1S/C23H29N7O/c1-14-10-17-20(27-13-30(17)22-15(2)21(24)25-12-26-22)19(16-6-4-7-28(3)11-16)18(14)23(31)29-8-5-9-29/h10,12-13,16H,4-9,11H2,1-3H3,(H2,24,25,26). The zero-order valence-corrected chi connectivity index (χ0v) is 18.4. The molecule has 1 aromatic carbocycles. The molecule has 0 saturated carbocycles. The Labute approximate surface area is 182 Å². The molecule has 2 aliphatic heterocycles. The minimum atomic E-state index is 0.144. The highest BCUT2D eigenvalue weighted by Gasteiger charge is 2.32. The van der Waals surface area contributed by atoms with E-state index in [1.165, 1.54) is 6.33 Å². The van der Waals surface area contributed by atoms with Gasteiger partial charge in [-0.05, 0) is 69.8 Å². The second-order valence-corrected chi connectivity index (χ2v) is 8.92. The summed E-state index contributed by atoms with van der Waals surface area (Å²) in [5.41, 5.74) is 11.6. The number of carbonyl (C=O) groups is 1. The van der Waals surface area contributed by atoms with Crippen LogP contribution in [0.25, 0.3) is 16.9 Å². The molecular formula is C23H29N7O. The summed E-state index contributed by atoms with van der Waals surface area (Å²) in [6.07, 6.45) is 6.55. The highest BCUT2D eigenvalue weighted by Crippen LogP contribution is 2.37. The number of nitrogens with zero attached hydrogens (tertiary/aromatic N) is 6. The van der Waals surface area contributed by atoms with E-state index in [-0.39, 0.29) is 11.8 Å². The number of nitrogen functional groups attached to an aromatic ring is 1. The lowest BCUT2D eigenvalue weighted by atomic mass is 9.84. The normalized spacial score (nSPS) is 19.6. The number of carbonyl (C=O) groups excluding carboxylic acids is 1. The number of aromatic nitrogens is 4. The van der Waals surface area contributed by atoms with Crippen LogP contribution in [0.3, 0.4) is 0 Å². The number of likely N-dealkylation sites (N-methyl/N-ethyl adjacent to an activating group) is 1. The van der Waals surface area contributed by atoms with Crippen molar-refractivity contribution in [1.29, 1.82) is 0 Å². The number of imidazole rings is 1. The van der Waals surface area contributed by atoms with Crippen LogP contribution in [0.2, 0.25) is 0 Å². The number of hydrogen-bond acceptors (Lipinski definition) is 6.